The number of hydrogen-bond donors (Lipinski definition) is 2. The average molecular weight is 334 g/mol. The van der Waals surface area contributed by atoms with Crippen LogP contribution in [0.3, 0.4) is 0 Å². The van der Waals surface area contributed by atoms with Crippen molar-refractivity contribution in [2.45, 2.75) is 13.8 Å². The lowest BCUT2D eigenvalue weighted by molar-refractivity contribution is 0.0955. The first-order chi connectivity index (χ1) is 12.1. The molecule has 0 aliphatic carbocycles. The third-order valence-electron chi connectivity index (χ3n) is 3.85. The van der Waals surface area contributed by atoms with E-state index in [9.17, 15) is 9.90 Å². The van der Waals surface area contributed by atoms with E-state index in [1.807, 2.05) is 42.7 Å². The van der Waals surface area contributed by atoms with Gasteiger partial charge in [0.05, 0.1) is 6.21 Å². The van der Waals surface area contributed by atoms with Gasteiger partial charge in [-0.2, -0.15) is 5.10 Å². The lowest BCUT2D eigenvalue weighted by Gasteiger charge is -2.07. The number of carbonyl (C=O) groups is 1. The van der Waals surface area contributed by atoms with Crippen LogP contribution in [0.1, 0.15) is 27.3 Å². The second-order valence-corrected chi connectivity index (χ2v) is 5.60. The molecular formula is C19H18N4O2. The molecule has 0 saturated carbocycles. The molecule has 126 valence electrons. The molecule has 0 spiro atoms. The summed E-state index contributed by atoms with van der Waals surface area (Å²) in [5.41, 5.74) is 5.82. The number of aromatic hydroxyl groups is 1. The van der Waals surface area contributed by atoms with Crippen molar-refractivity contribution in [3.63, 3.8) is 0 Å². The number of pyridine rings is 1. The van der Waals surface area contributed by atoms with Gasteiger partial charge in [0, 0.05) is 28.7 Å². The molecule has 25 heavy (non-hydrogen) atoms. The number of hydrazone groups is 1. The van der Waals surface area contributed by atoms with Crippen molar-refractivity contribution in [2.24, 2.45) is 5.10 Å². The van der Waals surface area contributed by atoms with Crippen molar-refractivity contribution in [3.8, 4) is 11.6 Å². The van der Waals surface area contributed by atoms with Crippen LogP contribution in [0, 0.1) is 13.8 Å². The van der Waals surface area contributed by atoms with Crippen LogP contribution >= 0.6 is 0 Å². The molecule has 0 unspecified atom stereocenters. The number of benzene rings is 1. The third-order valence-corrected chi connectivity index (χ3v) is 3.85. The summed E-state index contributed by atoms with van der Waals surface area (Å²) < 4.78 is 2.03. The maximum Gasteiger partial charge on any atom is 0.271 e. The summed E-state index contributed by atoms with van der Waals surface area (Å²) in [7, 11) is 0. The van der Waals surface area contributed by atoms with Crippen LogP contribution in [-0.4, -0.2) is 26.8 Å². The van der Waals surface area contributed by atoms with Gasteiger partial charge in [0.15, 0.2) is 0 Å². The number of amides is 1. The van der Waals surface area contributed by atoms with Crippen LogP contribution in [0.25, 0.3) is 5.82 Å². The number of phenols is 1. The monoisotopic (exact) mass is 334 g/mol. The van der Waals surface area contributed by atoms with E-state index < -0.39 is 0 Å². The number of carbonyl (C=O) groups excluding carboxylic acids is 1. The smallest absolute Gasteiger partial charge is 0.271 e. The van der Waals surface area contributed by atoms with E-state index in [-0.39, 0.29) is 11.7 Å². The Kier molecular flexibility index (Phi) is 4.61. The summed E-state index contributed by atoms with van der Waals surface area (Å²) in [6, 6.07) is 13.7. The second-order valence-electron chi connectivity index (χ2n) is 5.60. The zero-order chi connectivity index (χ0) is 17.8. The van der Waals surface area contributed by atoms with Gasteiger partial charge in [-0.1, -0.05) is 6.07 Å². The molecule has 6 heteroatoms. The Labute approximate surface area is 145 Å². The van der Waals surface area contributed by atoms with E-state index in [2.05, 4.69) is 15.5 Å². The highest BCUT2D eigenvalue weighted by molar-refractivity contribution is 5.95. The zero-order valence-corrected chi connectivity index (χ0v) is 14.0. The second kappa shape index (κ2) is 7.00. The molecular weight excluding hydrogens is 316 g/mol. The van der Waals surface area contributed by atoms with Crippen molar-refractivity contribution in [3.05, 3.63) is 77.2 Å². The fourth-order valence-electron chi connectivity index (χ4n) is 2.59. The first-order valence-corrected chi connectivity index (χ1v) is 7.79. The summed E-state index contributed by atoms with van der Waals surface area (Å²) in [6.07, 6.45) is 3.36. The van der Waals surface area contributed by atoms with Crippen LogP contribution in [0.2, 0.25) is 0 Å². The van der Waals surface area contributed by atoms with E-state index in [1.54, 1.807) is 12.4 Å². The fourth-order valence-corrected chi connectivity index (χ4v) is 2.59. The minimum atomic E-state index is -0.338. The van der Waals surface area contributed by atoms with Crippen LogP contribution in [0.4, 0.5) is 0 Å². The molecule has 2 N–H and O–H groups in total. The first kappa shape index (κ1) is 16.4. The van der Waals surface area contributed by atoms with Crippen molar-refractivity contribution >= 4 is 12.1 Å². The van der Waals surface area contributed by atoms with Gasteiger partial charge in [-0.25, -0.2) is 10.4 Å². The topological polar surface area (TPSA) is 79.5 Å². The lowest BCUT2D eigenvalue weighted by atomic mass is 10.2. The summed E-state index contributed by atoms with van der Waals surface area (Å²) in [5.74, 6) is 0.613. The van der Waals surface area contributed by atoms with Crippen molar-refractivity contribution < 1.29 is 9.90 Å². The molecule has 0 atom stereocenters. The fraction of sp³-hybridized carbons (Fsp3) is 0.105. The van der Waals surface area contributed by atoms with Crippen molar-refractivity contribution in [1.82, 2.24) is 15.0 Å². The number of phenolic OH excluding ortho intramolecular Hbond substituents is 1. The molecule has 0 fully saturated rings. The van der Waals surface area contributed by atoms with Gasteiger partial charge in [0.1, 0.15) is 11.6 Å². The number of aryl methyl sites for hydroxylation is 1. The number of nitrogens with zero attached hydrogens (tertiary/aromatic N) is 3. The standard InChI is InChI=1S/C19H18N4O2/c1-13-11-16(14(2)23(13)18-5-3-4-10-20-18)12-21-22-19(25)15-6-8-17(24)9-7-15/h3-12,24H,1-2H3,(H,22,25)/b21-12-. The van der Waals surface area contributed by atoms with Gasteiger partial charge in [-0.3, -0.25) is 4.79 Å². The van der Waals surface area contributed by atoms with Gasteiger partial charge in [-0.15, -0.1) is 0 Å². The number of hydrogen-bond acceptors (Lipinski definition) is 4. The van der Waals surface area contributed by atoms with Crippen LogP contribution in [0.5, 0.6) is 5.75 Å². The van der Waals surface area contributed by atoms with Gasteiger partial charge < -0.3 is 9.67 Å². The molecule has 2 aromatic heterocycles. The molecule has 6 nitrogen and oxygen atoms in total. The summed E-state index contributed by atoms with van der Waals surface area (Å²) in [6.45, 7) is 3.97. The molecule has 3 rings (SSSR count). The maximum absolute atomic E-state index is 12.0. The van der Waals surface area contributed by atoms with Gasteiger partial charge >= 0.3 is 0 Å². The molecule has 0 bridgehead atoms. The van der Waals surface area contributed by atoms with E-state index in [0.29, 0.717) is 5.56 Å². The molecule has 1 aromatic carbocycles. The average Bonchev–Trinajstić information content (AvgIpc) is 2.90. The third kappa shape index (κ3) is 3.58. The van der Waals surface area contributed by atoms with E-state index in [4.69, 9.17) is 0 Å². The summed E-state index contributed by atoms with van der Waals surface area (Å²) >= 11 is 0. The van der Waals surface area contributed by atoms with E-state index >= 15 is 0 Å². The largest absolute Gasteiger partial charge is 0.508 e. The SMILES string of the molecule is Cc1cc(/C=N\NC(=O)c2ccc(O)cc2)c(C)n1-c1ccccn1. The summed E-state index contributed by atoms with van der Waals surface area (Å²) in [4.78, 5) is 16.4. The van der Waals surface area contributed by atoms with Crippen molar-refractivity contribution in [2.75, 3.05) is 0 Å². The molecule has 0 saturated heterocycles. The lowest BCUT2D eigenvalue weighted by Crippen LogP contribution is -2.17. The molecule has 1 amide bonds. The van der Waals surface area contributed by atoms with Gasteiger partial charge in [-0.05, 0) is 56.3 Å². The Hall–Kier alpha value is -3.41. The Morgan fingerprint density at radius 1 is 1.20 bits per heavy atom. The van der Waals surface area contributed by atoms with E-state index in [0.717, 1.165) is 22.8 Å². The highest BCUT2D eigenvalue weighted by Crippen LogP contribution is 2.18. The highest BCUT2D eigenvalue weighted by atomic mass is 16.3. The number of nitrogens with one attached hydrogen (secondary N) is 1. The quantitative estimate of drug-likeness (QED) is 0.569. The Morgan fingerprint density at radius 3 is 2.64 bits per heavy atom. The molecule has 2 heterocycles. The number of rotatable bonds is 4. The molecule has 0 radical (unpaired) electrons. The predicted octanol–water partition coefficient (Wildman–Crippen LogP) is 2.96. The van der Waals surface area contributed by atoms with Crippen LogP contribution < -0.4 is 5.43 Å². The Morgan fingerprint density at radius 2 is 1.96 bits per heavy atom. The Balaban J connectivity index is 1.76. The van der Waals surface area contributed by atoms with Crippen molar-refractivity contribution in [1.29, 1.82) is 0 Å². The molecule has 3 aromatic rings. The molecule has 0 aliphatic rings. The van der Waals surface area contributed by atoms with Gasteiger partial charge in [0.2, 0.25) is 0 Å². The minimum Gasteiger partial charge on any atom is -0.508 e. The highest BCUT2D eigenvalue weighted by Gasteiger charge is 2.10. The summed E-state index contributed by atoms with van der Waals surface area (Å²) in [5, 5.41) is 13.3. The van der Waals surface area contributed by atoms with Crippen LogP contribution in [0.15, 0.2) is 59.8 Å². The first-order valence-electron chi connectivity index (χ1n) is 7.79. The minimum absolute atomic E-state index is 0.113. The maximum atomic E-state index is 12.0. The van der Waals surface area contributed by atoms with Crippen LogP contribution in [-0.2, 0) is 0 Å². The molecule has 0 aliphatic heterocycles. The predicted molar refractivity (Wildman–Crippen MR) is 96.2 cm³/mol. The number of aromatic nitrogens is 2. The van der Waals surface area contributed by atoms with Gasteiger partial charge in [0.25, 0.3) is 5.91 Å². The van der Waals surface area contributed by atoms with E-state index in [1.165, 1.54) is 24.3 Å². The normalized spacial score (nSPS) is 11.0. The zero-order valence-electron chi connectivity index (χ0n) is 14.0. The Bertz CT molecular complexity index is 913.